The molecule has 0 unspecified atom stereocenters. The van der Waals surface area contributed by atoms with E-state index in [1.165, 1.54) is 0 Å². The first-order chi connectivity index (χ1) is 10.4. The molecule has 1 aliphatic heterocycles. The maximum atomic E-state index is 13.4. The summed E-state index contributed by atoms with van der Waals surface area (Å²) in [5.41, 5.74) is 2.68. The van der Waals surface area contributed by atoms with Crippen molar-refractivity contribution < 1.29 is 17.6 Å². The molecule has 1 heterocycles. The Morgan fingerprint density at radius 1 is 1.09 bits per heavy atom. The fourth-order valence-corrected chi connectivity index (χ4v) is 2.42. The van der Waals surface area contributed by atoms with Crippen LogP contribution in [0.4, 0.5) is 13.2 Å². The monoisotopic (exact) mass is 305 g/mol. The van der Waals surface area contributed by atoms with Crippen LogP contribution in [0.15, 0.2) is 45.8 Å². The zero-order valence-electron chi connectivity index (χ0n) is 12.2. The smallest absolute Gasteiger partial charge is 0.370 e. The van der Waals surface area contributed by atoms with Crippen molar-refractivity contribution in [2.24, 2.45) is 4.99 Å². The molecule has 0 aromatic heterocycles. The first kappa shape index (κ1) is 14.6. The van der Waals surface area contributed by atoms with E-state index in [-0.39, 0.29) is 5.36 Å². The van der Waals surface area contributed by atoms with E-state index in [1.807, 2.05) is 25.1 Å². The van der Waals surface area contributed by atoms with Crippen LogP contribution in [0.1, 0.15) is 11.1 Å². The number of fused-ring (bicyclic) bond motifs is 2. The molecular formula is C17H14F3NO. The molecule has 1 aromatic rings. The van der Waals surface area contributed by atoms with Crippen molar-refractivity contribution in [1.82, 2.24) is 0 Å². The summed E-state index contributed by atoms with van der Waals surface area (Å²) < 4.78 is 44.9. The minimum Gasteiger partial charge on any atom is -0.456 e. The average Bonchev–Trinajstić information content (AvgIpc) is 2.48. The van der Waals surface area contributed by atoms with E-state index in [0.717, 1.165) is 10.9 Å². The summed E-state index contributed by atoms with van der Waals surface area (Å²) in [6.07, 6.45) is 0. The van der Waals surface area contributed by atoms with Gasteiger partial charge in [-0.3, -0.25) is 0 Å². The highest BCUT2D eigenvalue weighted by atomic mass is 19.3. The van der Waals surface area contributed by atoms with Crippen molar-refractivity contribution in [3.05, 3.63) is 52.9 Å². The van der Waals surface area contributed by atoms with Gasteiger partial charge in [0.2, 0.25) is 0 Å². The predicted molar refractivity (Wildman–Crippen MR) is 78.8 cm³/mol. The number of benzene rings is 2. The minimum absolute atomic E-state index is 0.0623. The van der Waals surface area contributed by atoms with Crippen LogP contribution in [0.2, 0.25) is 0 Å². The topological polar surface area (TPSA) is 25.5 Å². The third-order valence-electron chi connectivity index (χ3n) is 3.50. The number of alkyl halides is 3. The number of nitrogens with zero attached hydrogens (tertiary/aromatic N) is 1. The lowest BCUT2D eigenvalue weighted by Crippen LogP contribution is -2.23. The molecule has 0 radical (unpaired) electrons. The predicted octanol–water partition coefficient (Wildman–Crippen LogP) is 4.62. The van der Waals surface area contributed by atoms with Gasteiger partial charge in [0.1, 0.15) is 11.3 Å². The molecule has 0 atom stereocenters. The quantitative estimate of drug-likeness (QED) is 0.501. The Kier molecular flexibility index (Phi) is 3.43. The Hall–Kier alpha value is -2.30. The normalized spacial score (nSPS) is 13.2. The minimum atomic E-state index is -3.74. The Bertz CT molecular complexity index is 883. The van der Waals surface area contributed by atoms with E-state index >= 15 is 0 Å². The summed E-state index contributed by atoms with van der Waals surface area (Å²) in [7, 11) is 0. The lowest BCUT2D eigenvalue weighted by Gasteiger charge is -2.12. The maximum Gasteiger partial charge on any atom is 0.370 e. The fourth-order valence-electron chi connectivity index (χ4n) is 2.42. The lowest BCUT2D eigenvalue weighted by molar-refractivity contribution is -0.0168. The summed E-state index contributed by atoms with van der Waals surface area (Å²) >= 11 is 0. The number of hydrogen-bond donors (Lipinski definition) is 0. The molecule has 2 nitrogen and oxygen atoms in total. The second-order valence-corrected chi connectivity index (χ2v) is 5.34. The molecule has 0 saturated heterocycles. The Morgan fingerprint density at radius 3 is 2.59 bits per heavy atom. The zero-order chi connectivity index (χ0) is 15.9. The van der Waals surface area contributed by atoms with E-state index < -0.39 is 12.7 Å². The van der Waals surface area contributed by atoms with Crippen molar-refractivity contribution in [2.75, 3.05) is 6.67 Å². The molecule has 114 valence electrons. The van der Waals surface area contributed by atoms with Gasteiger partial charge in [-0.1, -0.05) is 17.7 Å². The number of aryl methyl sites for hydroxylation is 2. The molecule has 0 amide bonds. The number of halogens is 3. The van der Waals surface area contributed by atoms with E-state index in [2.05, 4.69) is 4.99 Å². The molecule has 22 heavy (non-hydrogen) atoms. The SMILES string of the molecule is Cc1ccc2oc3ccc(C)c(=NC(F)(F)CF)c-3cc2c1. The van der Waals surface area contributed by atoms with E-state index in [9.17, 15) is 13.2 Å². The van der Waals surface area contributed by atoms with Crippen LogP contribution in [0.25, 0.3) is 22.3 Å². The zero-order valence-corrected chi connectivity index (χ0v) is 12.2. The molecule has 1 aromatic carbocycles. The van der Waals surface area contributed by atoms with Gasteiger partial charge >= 0.3 is 6.05 Å². The van der Waals surface area contributed by atoms with Crippen LogP contribution in [-0.2, 0) is 0 Å². The summed E-state index contributed by atoms with van der Waals surface area (Å²) in [6.45, 7) is 1.77. The van der Waals surface area contributed by atoms with E-state index in [1.54, 1.807) is 25.1 Å². The Morgan fingerprint density at radius 2 is 1.86 bits per heavy atom. The molecule has 0 fully saturated rings. The van der Waals surface area contributed by atoms with Gasteiger partial charge in [-0.2, -0.15) is 8.78 Å². The highest BCUT2D eigenvalue weighted by molar-refractivity contribution is 5.83. The summed E-state index contributed by atoms with van der Waals surface area (Å²) in [4.78, 5) is 3.30. The second-order valence-electron chi connectivity index (χ2n) is 5.34. The van der Waals surface area contributed by atoms with Gasteiger partial charge in [0.05, 0.1) is 5.36 Å². The Labute approximate surface area is 125 Å². The number of rotatable bonds is 2. The number of hydrogen-bond acceptors (Lipinski definition) is 2. The molecule has 0 spiro atoms. The summed E-state index contributed by atoms with van der Waals surface area (Å²) in [6, 6.07) is 7.00. The lowest BCUT2D eigenvalue weighted by atomic mass is 10.0. The van der Waals surface area contributed by atoms with Crippen LogP contribution < -0.4 is 5.36 Å². The van der Waals surface area contributed by atoms with Crippen LogP contribution >= 0.6 is 0 Å². The van der Waals surface area contributed by atoms with Gasteiger partial charge in [-0.05, 0) is 43.7 Å². The first-order valence-electron chi connectivity index (χ1n) is 6.83. The summed E-state index contributed by atoms with van der Waals surface area (Å²) in [5.74, 6) is 0.440. The molecule has 5 heteroatoms. The molecular weight excluding hydrogens is 291 g/mol. The largest absolute Gasteiger partial charge is 0.456 e. The van der Waals surface area contributed by atoms with Gasteiger partial charge < -0.3 is 4.42 Å². The van der Waals surface area contributed by atoms with Crippen molar-refractivity contribution >= 4 is 11.0 Å². The van der Waals surface area contributed by atoms with Crippen molar-refractivity contribution in [2.45, 2.75) is 19.9 Å². The molecule has 2 aliphatic rings. The molecule has 0 N–H and O–H groups in total. The van der Waals surface area contributed by atoms with Gasteiger partial charge in [0.25, 0.3) is 0 Å². The van der Waals surface area contributed by atoms with Crippen molar-refractivity contribution in [3.63, 3.8) is 0 Å². The first-order valence-corrected chi connectivity index (χ1v) is 6.83. The maximum absolute atomic E-state index is 13.4. The highest BCUT2D eigenvalue weighted by Gasteiger charge is 2.28. The third-order valence-corrected chi connectivity index (χ3v) is 3.50. The van der Waals surface area contributed by atoms with Crippen LogP contribution in [0.5, 0.6) is 0 Å². The average molecular weight is 305 g/mol. The van der Waals surface area contributed by atoms with Gasteiger partial charge in [0, 0.05) is 10.9 Å². The fraction of sp³-hybridized carbons (Fsp3) is 0.235. The van der Waals surface area contributed by atoms with Crippen molar-refractivity contribution in [3.8, 4) is 11.3 Å². The molecule has 0 saturated carbocycles. The summed E-state index contributed by atoms with van der Waals surface area (Å²) in [5, 5.41) is 0.852. The van der Waals surface area contributed by atoms with Gasteiger partial charge in [-0.15, -0.1) is 0 Å². The molecule has 1 aliphatic carbocycles. The van der Waals surface area contributed by atoms with E-state index in [4.69, 9.17) is 4.42 Å². The van der Waals surface area contributed by atoms with Gasteiger partial charge in [-0.25, -0.2) is 9.38 Å². The highest BCUT2D eigenvalue weighted by Crippen LogP contribution is 2.27. The van der Waals surface area contributed by atoms with Gasteiger partial charge in [0.15, 0.2) is 6.67 Å². The standard InChI is InChI=1S/C17H14F3NO/c1-10-3-5-14-12(7-10)8-13-15(22-14)6-4-11(2)16(13)21-17(19,20)9-18/h3-8H,9H2,1-2H3. The van der Waals surface area contributed by atoms with Crippen LogP contribution in [0, 0.1) is 13.8 Å². The van der Waals surface area contributed by atoms with Crippen molar-refractivity contribution in [1.29, 1.82) is 0 Å². The third kappa shape index (κ3) is 2.58. The van der Waals surface area contributed by atoms with Crippen LogP contribution in [0.3, 0.4) is 0 Å². The molecule has 3 rings (SSSR count). The van der Waals surface area contributed by atoms with E-state index in [0.29, 0.717) is 22.5 Å². The van der Waals surface area contributed by atoms with Crippen LogP contribution in [-0.4, -0.2) is 12.7 Å². The second kappa shape index (κ2) is 5.16. The molecule has 0 bridgehead atoms. The Balaban J connectivity index is 2.40.